The lowest BCUT2D eigenvalue weighted by atomic mass is 9.77. The second kappa shape index (κ2) is 9.80. The van der Waals surface area contributed by atoms with Crippen molar-refractivity contribution in [3.8, 4) is 0 Å². The van der Waals surface area contributed by atoms with Gasteiger partial charge in [0.1, 0.15) is 0 Å². The first-order chi connectivity index (χ1) is 12.1. The van der Waals surface area contributed by atoms with Crippen LogP contribution in [0.1, 0.15) is 31.2 Å². The molecule has 152 valence electrons. The topological polar surface area (TPSA) is 35.6 Å². The summed E-state index contributed by atoms with van der Waals surface area (Å²) in [5, 5.41) is 4.21. The predicted octanol–water partition coefficient (Wildman–Crippen LogP) is 3.61. The summed E-state index contributed by atoms with van der Waals surface area (Å²) in [6.45, 7) is 7.52. The summed E-state index contributed by atoms with van der Waals surface area (Å²) in [6.07, 6.45) is 4.38. The number of rotatable bonds is 4. The highest BCUT2D eigenvalue weighted by molar-refractivity contribution is 6.30. The van der Waals surface area contributed by atoms with Crippen molar-refractivity contribution in [2.45, 2.75) is 32.2 Å². The zero-order valence-electron chi connectivity index (χ0n) is 15.7. The Balaban J connectivity index is 0.00000131. The predicted molar refractivity (Wildman–Crippen MR) is 115 cm³/mol. The van der Waals surface area contributed by atoms with E-state index >= 15 is 0 Å². The Morgan fingerprint density at radius 2 is 1.85 bits per heavy atom. The summed E-state index contributed by atoms with van der Waals surface area (Å²) in [4.78, 5) is 17.2. The van der Waals surface area contributed by atoms with Crippen LogP contribution in [0.4, 0.5) is 0 Å². The van der Waals surface area contributed by atoms with E-state index in [-0.39, 0.29) is 30.2 Å². The molecule has 27 heavy (non-hydrogen) atoms. The largest absolute Gasteiger partial charge is 0.338 e. The second-order valence-corrected chi connectivity index (χ2v) is 8.65. The van der Waals surface area contributed by atoms with Crippen LogP contribution >= 0.6 is 36.4 Å². The average Bonchev–Trinajstić information content (AvgIpc) is 3.21. The SMILES string of the molecule is Cl.Cl.O=C1CC2(CCN(CC3CCNC3)CC2)CN1Cc1ccc(Cl)cc1. The molecule has 3 aliphatic heterocycles. The minimum atomic E-state index is 0. The summed E-state index contributed by atoms with van der Waals surface area (Å²) in [7, 11) is 0. The number of carbonyl (C=O) groups is 1. The number of likely N-dealkylation sites (tertiary alicyclic amines) is 2. The van der Waals surface area contributed by atoms with Gasteiger partial charge in [-0.3, -0.25) is 4.79 Å². The van der Waals surface area contributed by atoms with Crippen molar-refractivity contribution in [3.05, 3.63) is 34.9 Å². The molecule has 1 atom stereocenters. The van der Waals surface area contributed by atoms with Gasteiger partial charge in [0, 0.05) is 31.1 Å². The smallest absolute Gasteiger partial charge is 0.223 e. The van der Waals surface area contributed by atoms with E-state index in [2.05, 4.69) is 15.1 Å². The molecule has 0 aliphatic carbocycles. The van der Waals surface area contributed by atoms with Crippen LogP contribution in [-0.4, -0.2) is 55.0 Å². The van der Waals surface area contributed by atoms with Gasteiger partial charge >= 0.3 is 0 Å². The first-order valence-electron chi connectivity index (χ1n) is 9.57. The highest BCUT2D eigenvalue weighted by Crippen LogP contribution is 2.41. The maximum absolute atomic E-state index is 12.6. The van der Waals surface area contributed by atoms with Gasteiger partial charge in [0.05, 0.1) is 0 Å². The van der Waals surface area contributed by atoms with Crippen molar-refractivity contribution >= 4 is 42.3 Å². The number of hydrogen-bond donors (Lipinski definition) is 1. The summed E-state index contributed by atoms with van der Waals surface area (Å²) in [5.41, 5.74) is 1.38. The van der Waals surface area contributed by atoms with E-state index in [1.54, 1.807) is 0 Å². The van der Waals surface area contributed by atoms with Crippen LogP contribution in [0, 0.1) is 11.3 Å². The van der Waals surface area contributed by atoms with Gasteiger partial charge in [-0.25, -0.2) is 0 Å². The molecule has 4 rings (SSSR count). The third-order valence-corrected chi connectivity index (χ3v) is 6.54. The van der Waals surface area contributed by atoms with E-state index in [0.717, 1.165) is 56.4 Å². The monoisotopic (exact) mass is 433 g/mol. The van der Waals surface area contributed by atoms with Crippen LogP contribution in [0.2, 0.25) is 5.02 Å². The van der Waals surface area contributed by atoms with Crippen molar-refractivity contribution in [2.75, 3.05) is 39.3 Å². The Bertz CT molecular complexity index is 611. The molecular formula is C20H30Cl3N3O. The normalized spacial score (nSPS) is 24.7. The molecule has 3 fully saturated rings. The summed E-state index contributed by atoms with van der Waals surface area (Å²) >= 11 is 5.96. The molecule has 4 nitrogen and oxygen atoms in total. The molecule has 1 N–H and O–H groups in total. The van der Waals surface area contributed by atoms with Gasteiger partial charge in [0.25, 0.3) is 0 Å². The maximum atomic E-state index is 12.6. The fraction of sp³-hybridized carbons (Fsp3) is 0.650. The first-order valence-corrected chi connectivity index (χ1v) is 9.95. The van der Waals surface area contributed by atoms with Gasteiger partial charge < -0.3 is 15.1 Å². The Morgan fingerprint density at radius 1 is 1.15 bits per heavy atom. The molecule has 1 aromatic carbocycles. The van der Waals surface area contributed by atoms with Crippen LogP contribution in [-0.2, 0) is 11.3 Å². The van der Waals surface area contributed by atoms with Gasteiger partial charge in [-0.2, -0.15) is 0 Å². The zero-order valence-corrected chi connectivity index (χ0v) is 18.1. The lowest BCUT2D eigenvalue weighted by Crippen LogP contribution is -2.43. The van der Waals surface area contributed by atoms with E-state index < -0.39 is 0 Å². The fourth-order valence-corrected chi connectivity index (χ4v) is 4.84. The molecule has 1 unspecified atom stereocenters. The molecule has 0 bridgehead atoms. The van der Waals surface area contributed by atoms with E-state index in [1.165, 1.54) is 31.6 Å². The molecule has 7 heteroatoms. The Kier molecular flexibility index (Phi) is 8.26. The fourth-order valence-electron chi connectivity index (χ4n) is 4.72. The van der Waals surface area contributed by atoms with Gasteiger partial charge in [-0.1, -0.05) is 23.7 Å². The van der Waals surface area contributed by atoms with Crippen molar-refractivity contribution in [1.82, 2.24) is 15.1 Å². The number of carbonyl (C=O) groups excluding carboxylic acids is 1. The second-order valence-electron chi connectivity index (χ2n) is 8.21. The third-order valence-electron chi connectivity index (χ3n) is 6.29. The molecule has 0 radical (unpaired) electrons. The van der Waals surface area contributed by atoms with Gasteiger partial charge in [0.2, 0.25) is 5.91 Å². The number of hydrogen-bond acceptors (Lipinski definition) is 3. The Hall–Kier alpha value is -0.520. The molecule has 0 aromatic heterocycles. The number of piperidine rings is 1. The van der Waals surface area contributed by atoms with E-state index in [1.807, 2.05) is 24.3 Å². The molecule has 1 spiro atoms. The van der Waals surface area contributed by atoms with Gasteiger partial charge in [0.15, 0.2) is 0 Å². The van der Waals surface area contributed by atoms with E-state index in [4.69, 9.17) is 11.6 Å². The summed E-state index contributed by atoms with van der Waals surface area (Å²) in [6, 6.07) is 7.87. The van der Waals surface area contributed by atoms with Crippen molar-refractivity contribution in [1.29, 1.82) is 0 Å². The van der Waals surface area contributed by atoms with Crippen molar-refractivity contribution in [3.63, 3.8) is 0 Å². The third kappa shape index (κ3) is 5.51. The molecule has 1 amide bonds. The number of amides is 1. The summed E-state index contributed by atoms with van der Waals surface area (Å²) in [5.74, 6) is 1.14. The quantitative estimate of drug-likeness (QED) is 0.786. The molecule has 0 saturated carbocycles. The highest BCUT2D eigenvalue weighted by Gasteiger charge is 2.44. The van der Waals surface area contributed by atoms with Crippen LogP contribution < -0.4 is 5.32 Å². The minimum absolute atomic E-state index is 0. The Labute approximate surface area is 179 Å². The highest BCUT2D eigenvalue weighted by atomic mass is 35.5. The molecular weight excluding hydrogens is 405 g/mol. The van der Waals surface area contributed by atoms with E-state index in [9.17, 15) is 4.79 Å². The molecule has 3 heterocycles. The van der Waals surface area contributed by atoms with Crippen LogP contribution in [0.15, 0.2) is 24.3 Å². The minimum Gasteiger partial charge on any atom is -0.338 e. The number of nitrogens with zero attached hydrogens (tertiary/aromatic N) is 2. The van der Waals surface area contributed by atoms with E-state index in [0.29, 0.717) is 5.91 Å². The standard InChI is InChI=1S/C20H28ClN3O.2ClH/c21-18-3-1-16(2-4-18)14-24-15-20(11-19(24)25)6-9-23(10-7-20)13-17-5-8-22-12-17;;/h1-4,17,22H,5-15H2;2*1H. The lowest BCUT2D eigenvalue weighted by molar-refractivity contribution is -0.128. The Morgan fingerprint density at radius 3 is 2.48 bits per heavy atom. The molecule has 3 saturated heterocycles. The summed E-state index contributed by atoms with van der Waals surface area (Å²) < 4.78 is 0. The van der Waals surface area contributed by atoms with Crippen LogP contribution in [0.25, 0.3) is 0 Å². The average molecular weight is 435 g/mol. The number of benzene rings is 1. The van der Waals surface area contributed by atoms with Crippen molar-refractivity contribution in [2.24, 2.45) is 11.3 Å². The van der Waals surface area contributed by atoms with Gasteiger partial charge in [-0.15, -0.1) is 24.8 Å². The first kappa shape index (κ1) is 22.8. The lowest BCUT2D eigenvalue weighted by Gasteiger charge is -2.39. The van der Waals surface area contributed by atoms with Crippen molar-refractivity contribution < 1.29 is 4.79 Å². The van der Waals surface area contributed by atoms with Gasteiger partial charge in [-0.05, 0) is 74.5 Å². The van der Waals surface area contributed by atoms with Crippen LogP contribution in [0.3, 0.4) is 0 Å². The zero-order chi connectivity index (χ0) is 17.3. The molecule has 1 aromatic rings. The maximum Gasteiger partial charge on any atom is 0.223 e. The number of halogens is 3. The number of nitrogens with one attached hydrogen (secondary N) is 1. The van der Waals surface area contributed by atoms with Crippen LogP contribution in [0.5, 0.6) is 0 Å². The molecule has 3 aliphatic rings.